The molecular weight excluding hydrogens is 252 g/mol. The average molecular weight is 272 g/mol. The lowest BCUT2D eigenvalue weighted by Crippen LogP contribution is -2.30. The number of rotatable bonds is 5. The number of nitrogens with one attached hydrogen (secondary N) is 1. The number of carbonyl (C=O) groups is 1. The Labute approximate surface area is 119 Å². The molecule has 106 valence electrons. The quantitative estimate of drug-likeness (QED) is 0.508. The fraction of sp³-hybridized carbons (Fsp3) is 0.200. The molecule has 0 bridgehead atoms. The van der Waals surface area contributed by atoms with Gasteiger partial charge in [0.05, 0.1) is 11.9 Å². The van der Waals surface area contributed by atoms with Crippen LogP contribution in [0.15, 0.2) is 59.9 Å². The van der Waals surface area contributed by atoms with E-state index in [9.17, 15) is 4.79 Å². The van der Waals surface area contributed by atoms with Crippen LogP contribution in [0.4, 0.5) is 10.5 Å². The molecule has 0 aliphatic carbocycles. The number of para-hydroxylation sites is 1. The summed E-state index contributed by atoms with van der Waals surface area (Å²) < 4.78 is 0. The van der Waals surface area contributed by atoms with Gasteiger partial charge in [0.2, 0.25) is 0 Å². The second-order valence-corrected chi connectivity index (χ2v) is 4.16. The third-order valence-electron chi connectivity index (χ3n) is 2.57. The standard InChI is InChI=1S/C15H20N4O/c1-13(10-11-18(3)15(20)16-2)12-17-19(4)14-8-6-5-7-9-14/h5-12H,1H2,2-4H3,(H,16,20)/b11-10-,17-12?. The van der Waals surface area contributed by atoms with Crippen LogP contribution in [0.25, 0.3) is 0 Å². The van der Waals surface area contributed by atoms with Gasteiger partial charge in [0.25, 0.3) is 0 Å². The van der Waals surface area contributed by atoms with Crippen LogP contribution in [-0.2, 0) is 0 Å². The number of carbonyl (C=O) groups excluding carboxylic acids is 1. The molecule has 0 saturated carbocycles. The zero-order valence-electron chi connectivity index (χ0n) is 12.1. The second-order valence-electron chi connectivity index (χ2n) is 4.16. The molecule has 1 N–H and O–H groups in total. The monoisotopic (exact) mass is 272 g/mol. The molecule has 1 rings (SSSR count). The summed E-state index contributed by atoms with van der Waals surface area (Å²) in [5.74, 6) is 0. The summed E-state index contributed by atoms with van der Waals surface area (Å²) in [5.41, 5.74) is 1.69. The van der Waals surface area contributed by atoms with Gasteiger partial charge in [0.15, 0.2) is 0 Å². The maximum absolute atomic E-state index is 11.3. The summed E-state index contributed by atoms with van der Waals surface area (Å²) >= 11 is 0. The fourth-order valence-corrected chi connectivity index (χ4v) is 1.37. The van der Waals surface area contributed by atoms with E-state index in [1.807, 2.05) is 37.4 Å². The number of anilines is 1. The Kier molecular flexibility index (Phi) is 6.03. The Morgan fingerprint density at radius 2 is 1.95 bits per heavy atom. The number of amides is 2. The van der Waals surface area contributed by atoms with Crippen LogP contribution in [-0.4, -0.2) is 38.3 Å². The van der Waals surface area contributed by atoms with E-state index in [1.165, 1.54) is 4.90 Å². The highest BCUT2D eigenvalue weighted by atomic mass is 16.2. The number of benzene rings is 1. The van der Waals surface area contributed by atoms with Crippen molar-refractivity contribution in [3.8, 4) is 0 Å². The Balaban J connectivity index is 2.56. The highest BCUT2D eigenvalue weighted by molar-refractivity contribution is 5.82. The second kappa shape index (κ2) is 7.78. The molecule has 0 saturated heterocycles. The molecule has 0 radical (unpaired) electrons. The number of allylic oxidation sites excluding steroid dienone is 2. The normalized spacial score (nSPS) is 10.8. The molecule has 0 aromatic heterocycles. The van der Waals surface area contributed by atoms with Gasteiger partial charge < -0.3 is 10.2 Å². The summed E-state index contributed by atoms with van der Waals surface area (Å²) in [7, 11) is 5.10. The molecule has 0 unspecified atom stereocenters. The lowest BCUT2D eigenvalue weighted by molar-refractivity contribution is 0.224. The van der Waals surface area contributed by atoms with E-state index in [0.29, 0.717) is 5.57 Å². The first-order chi connectivity index (χ1) is 9.54. The summed E-state index contributed by atoms with van der Waals surface area (Å²) in [6.45, 7) is 3.86. The van der Waals surface area contributed by atoms with Crippen molar-refractivity contribution in [1.29, 1.82) is 0 Å². The SMILES string of the molecule is C=C(C=NN(C)c1ccccc1)/C=C\N(C)C(=O)NC. The summed E-state index contributed by atoms with van der Waals surface area (Å²) in [4.78, 5) is 12.7. The molecule has 5 heteroatoms. The van der Waals surface area contributed by atoms with Crippen molar-refractivity contribution in [3.05, 3.63) is 54.8 Å². The molecule has 0 fully saturated rings. The van der Waals surface area contributed by atoms with E-state index in [0.717, 1.165) is 5.69 Å². The van der Waals surface area contributed by atoms with Crippen molar-refractivity contribution in [1.82, 2.24) is 10.2 Å². The predicted octanol–water partition coefficient (Wildman–Crippen LogP) is 2.45. The van der Waals surface area contributed by atoms with Gasteiger partial charge in [-0.3, -0.25) is 5.01 Å². The zero-order valence-corrected chi connectivity index (χ0v) is 12.1. The lowest BCUT2D eigenvalue weighted by atomic mass is 10.3. The van der Waals surface area contributed by atoms with Gasteiger partial charge >= 0.3 is 6.03 Å². The van der Waals surface area contributed by atoms with Gasteiger partial charge in [-0.25, -0.2) is 4.79 Å². The molecule has 5 nitrogen and oxygen atoms in total. The van der Waals surface area contributed by atoms with Crippen molar-refractivity contribution in [3.63, 3.8) is 0 Å². The smallest absolute Gasteiger partial charge is 0.320 e. The molecule has 0 aliphatic rings. The van der Waals surface area contributed by atoms with Crippen LogP contribution in [0, 0.1) is 0 Å². The molecule has 0 aliphatic heterocycles. The number of hydrazone groups is 1. The van der Waals surface area contributed by atoms with Crippen molar-refractivity contribution in [2.45, 2.75) is 0 Å². The molecule has 1 aromatic rings. The molecular formula is C15H20N4O. The number of nitrogens with zero attached hydrogens (tertiary/aromatic N) is 3. The fourth-order valence-electron chi connectivity index (χ4n) is 1.37. The molecule has 1 aromatic carbocycles. The van der Waals surface area contributed by atoms with Crippen molar-refractivity contribution in [2.24, 2.45) is 5.10 Å². The zero-order chi connectivity index (χ0) is 15.0. The Morgan fingerprint density at radius 1 is 1.30 bits per heavy atom. The molecule has 0 heterocycles. The minimum atomic E-state index is -0.188. The maximum atomic E-state index is 11.3. The summed E-state index contributed by atoms with van der Waals surface area (Å²) in [5, 5.41) is 8.55. The lowest BCUT2D eigenvalue weighted by Gasteiger charge is -2.12. The van der Waals surface area contributed by atoms with Crippen LogP contribution < -0.4 is 10.3 Å². The number of hydrogen-bond donors (Lipinski definition) is 1. The van der Waals surface area contributed by atoms with E-state index in [2.05, 4.69) is 17.0 Å². The van der Waals surface area contributed by atoms with E-state index < -0.39 is 0 Å². The van der Waals surface area contributed by atoms with Gasteiger partial charge in [0, 0.05) is 27.3 Å². The van der Waals surface area contributed by atoms with Gasteiger partial charge in [-0.1, -0.05) is 24.8 Å². The highest BCUT2D eigenvalue weighted by Crippen LogP contribution is 2.10. The van der Waals surface area contributed by atoms with Gasteiger partial charge in [-0.2, -0.15) is 5.10 Å². The molecule has 0 atom stereocenters. The number of urea groups is 1. The predicted molar refractivity (Wildman–Crippen MR) is 83.8 cm³/mol. The van der Waals surface area contributed by atoms with Gasteiger partial charge in [-0.05, 0) is 23.8 Å². The third kappa shape index (κ3) is 4.97. The van der Waals surface area contributed by atoms with Crippen LogP contribution in [0.5, 0.6) is 0 Å². The van der Waals surface area contributed by atoms with E-state index in [-0.39, 0.29) is 6.03 Å². The minimum Gasteiger partial charge on any atom is -0.341 e. The van der Waals surface area contributed by atoms with Gasteiger partial charge in [0.1, 0.15) is 0 Å². The average Bonchev–Trinajstić information content (AvgIpc) is 2.50. The van der Waals surface area contributed by atoms with Crippen LogP contribution >= 0.6 is 0 Å². The van der Waals surface area contributed by atoms with Crippen LogP contribution in [0.1, 0.15) is 0 Å². The first-order valence-corrected chi connectivity index (χ1v) is 6.19. The summed E-state index contributed by atoms with van der Waals surface area (Å²) in [6, 6.07) is 9.61. The van der Waals surface area contributed by atoms with Gasteiger partial charge in [-0.15, -0.1) is 0 Å². The molecule has 2 amide bonds. The first kappa shape index (κ1) is 15.5. The van der Waals surface area contributed by atoms with Crippen molar-refractivity contribution >= 4 is 17.9 Å². The highest BCUT2D eigenvalue weighted by Gasteiger charge is 2.00. The molecule has 0 spiro atoms. The number of hydrogen-bond acceptors (Lipinski definition) is 3. The largest absolute Gasteiger partial charge is 0.341 e. The van der Waals surface area contributed by atoms with E-state index in [1.54, 1.807) is 37.6 Å². The third-order valence-corrected chi connectivity index (χ3v) is 2.57. The molecule has 20 heavy (non-hydrogen) atoms. The topological polar surface area (TPSA) is 47.9 Å². The van der Waals surface area contributed by atoms with Crippen LogP contribution in [0.2, 0.25) is 0 Å². The van der Waals surface area contributed by atoms with Crippen LogP contribution in [0.3, 0.4) is 0 Å². The Hall–Kier alpha value is -2.56. The van der Waals surface area contributed by atoms with Crippen molar-refractivity contribution in [2.75, 3.05) is 26.2 Å². The summed E-state index contributed by atoms with van der Waals surface area (Å²) in [6.07, 6.45) is 4.99. The maximum Gasteiger partial charge on any atom is 0.320 e. The Morgan fingerprint density at radius 3 is 2.55 bits per heavy atom. The first-order valence-electron chi connectivity index (χ1n) is 6.19. The van der Waals surface area contributed by atoms with Crippen molar-refractivity contribution < 1.29 is 4.79 Å². The minimum absolute atomic E-state index is 0.188. The Bertz CT molecular complexity index is 508. The van der Waals surface area contributed by atoms with E-state index in [4.69, 9.17) is 0 Å². The van der Waals surface area contributed by atoms with E-state index >= 15 is 0 Å².